The van der Waals surface area contributed by atoms with E-state index in [4.69, 9.17) is 10.2 Å². The van der Waals surface area contributed by atoms with Crippen LogP contribution in [-0.2, 0) is 6.42 Å². The molecule has 0 atom stereocenters. The highest BCUT2D eigenvalue weighted by Gasteiger charge is 2.12. The molecular formula is C20H21NO4. The Morgan fingerprint density at radius 3 is 2.44 bits per heavy atom. The number of aryl methyl sites for hydroxylation is 1. The molecule has 4 N–H and O–H groups in total. The highest BCUT2D eigenvalue weighted by molar-refractivity contribution is 5.85. The average Bonchev–Trinajstić information content (AvgIpc) is 2.58. The van der Waals surface area contributed by atoms with Crippen molar-refractivity contribution in [2.45, 2.75) is 25.7 Å². The van der Waals surface area contributed by atoms with Crippen LogP contribution in [0.4, 0.5) is 0 Å². The van der Waals surface area contributed by atoms with Gasteiger partial charge in [0, 0.05) is 23.8 Å². The average molecular weight is 339 g/mol. The number of phenols is 2. The summed E-state index contributed by atoms with van der Waals surface area (Å²) in [4.78, 5) is 12.3. The molecule has 0 fully saturated rings. The number of benzene rings is 2. The molecule has 130 valence electrons. The summed E-state index contributed by atoms with van der Waals surface area (Å²) in [5.41, 5.74) is 7.30. The number of unbranched alkanes of at least 4 members (excludes halogenated alkanes) is 2. The summed E-state index contributed by atoms with van der Waals surface area (Å²) >= 11 is 0. The molecule has 0 aliphatic rings. The van der Waals surface area contributed by atoms with Crippen molar-refractivity contribution in [3.05, 3.63) is 58.3 Å². The van der Waals surface area contributed by atoms with Crippen molar-refractivity contribution >= 4 is 11.0 Å². The number of hydrogen-bond donors (Lipinski definition) is 3. The topological polar surface area (TPSA) is 96.7 Å². The Morgan fingerprint density at radius 2 is 1.72 bits per heavy atom. The SMILES string of the molecule is NCCCCCc1ccc(-c2cc(=O)c3c(O)cc(O)cc3o2)cc1. The van der Waals surface area contributed by atoms with E-state index in [1.54, 1.807) is 0 Å². The molecule has 0 aliphatic heterocycles. The van der Waals surface area contributed by atoms with Gasteiger partial charge >= 0.3 is 0 Å². The van der Waals surface area contributed by atoms with Gasteiger partial charge in [-0.3, -0.25) is 4.79 Å². The maximum atomic E-state index is 12.3. The number of fused-ring (bicyclic) bond motifs is 1. The van der Waals surface area contributed by atoms with Crippen molar-refractivity contribution in [1.29, 1.82) is 0 Å². The first-order valence-corrected chi connectivity index (χ1v) is 8.37. The maximum absolute atomic E-state index is 12.3. The fourth-order valence-corrected chi connectivity index (χ4v) is 2.88. The van der Waals surface area contributed by atoms with Crippen molar-refractivity contribution in [3.63, 3.8) is 0 Å². The second-order valence-electron chi connectivity index (χ2n) is 6.11. The van der Waals surface area contributed by atoms with Crippen molar-refractivity contribution in [2.75, 3.05) is 6.54 Å². The summed E-state index contributed by atoms with van der Waals surface area (Å²) in [5.74, 6) is -0.0431. The van der Waals surface area contributed by atoms with E-state index in [0.29, 0.717) is 5.76 Å². The Labute approximate surface area is 145 Å². The Morgan fingerprint density at radius 1 is 0.960 bits per heavy atom. The number of hydrogen-bond acceptors (Lipinski definition) is 5. The van der Waals surface area contributed by atoms with Crippen molar-refractivity contribution in [3.8, 4) is 22.8 Å². The van der Waals surface area contributed by atoms with E-state index in [2.05, 4.69) is 0 Å². The first-order valence-electron chi connectivity index (χ1n) is 8.37. The Hall–Kier alpha value is -2.79. The monoisotopic (exact) mass is 339 g/mol. The van der Waals surface area contributed by atoms with Gasteiger partial charge in [-0.1, -0.05) is 30.7 Å². The lowest BCUT2D eigenvalue weighted by Crippen LogP contribution is -2.00. The fourth-order valence-electron chi connectivity index (χ4n) is 2.88. The molecule has 0 amide bonds. The highest BCUT2D eigenvalue weighted by atomic mass is 16.3. The molecule has 1 aromatic heterocycles. The molecule has 0 aliphatic carbocycles. The smallest absolute Gasteiger partial charge is 0.197 e. The summed E-state index contributed by atoms with van der Waals surface area (Å²) < 4.78 is 5.71. The van der Waals surface area contributed by atoms with Crippen LogP contribution in [0.3, 0.4) is 0 Å². The Balaban J connectivity index is 1.88. The lowest BCUT2D eigenvalue weighted by atomic mass is 10.0. The minimum Gasteiger partial charge on any atom is -0.508 e. The zero-order valence-corrected chi connectivity index (χ0v) is 13.9. The first-order chi connectivity index (χ1) is 12.1. The van der Waals surface area contributed by atoms with E-state index >= 15 is 0 Å². The van der Waals surface area contributed by atoms with Gasteiger partial charge in [0.25, 0.3) is 0 Å². The van der Waals surface area contributed by atoms with Gasteiger partial charge in [0.15, 0.2) is 5.43 Å². The number of nitrogens with two attached hydrogens (primary N) is 1. The van der Waals surface area contributed by atoms with Gasteiger partial charge in [-0.15, -0.1) is 0 Å². The van der Waals surface area contributed by atoms with Crippen LogP contribution in [0.1, 0.15) is 24.8 Å². The predicted molar refractivity (Wildman–Crippen MR) is 97.9 cm³/mol. The molecule has 0 spiro atoms. The molecule has 0 bridgehead atoms. The van der Waals surface area contributed by atoms with Gasteiger partial charge < -0.3 is 20.4 Å². The number of aromatic hydroxyl groups is 2. The van der Waals surface area contributed by atoms with Crippen LogP contribution in [-0.4, -0.2) is 16.8 Å². The molecule has 0 saturated heterocycles. The van der Waals surface area contributed by atoms with Crippen molar-refractivity contribution in [1.82, 2.24) is 0 Å². The molecule has 0 saturated carbocycles. The van der Waals surface area contributed by atoms with Crippen LogP contribution >= 0.6 is 0 Å². The largest absolute Gasteiger partial charge is 0.508 e. The van der Waals surface area contributed by atoms with E-state index in [9.17, 15) is 15.0 Å². The molecule has 0 unspecified atom stereocenters. The maximum Gasteiger partial charge on any atom is 0.197 e. The second-order valence-corrected chi connectivity index (χ2v) is 6.11. The molecule has 0 radical (unpaired) electrons. The van der Waals surface area contributed by atoms with Crippen LogP contribution in [0.15, 0.2) is 51.7 Å². The molecule has 25 heavy (non-hydrogen) atoms. The van der Waals surface area contributed by atoms with Crippen LogP contribution in [0, 0.1) is 0 Å². The molecule has 3 aromatic rings. The molecule has 1 heterocycles. The fraction of sp³-hybridized carbons (Fsp3) is 0.250. The minimum absolute atomic E-state index is 0.0677. The third-order valence-electron chi connectivity index (χ3n) is 4.20. The molecule has 5 nitrogen and oxygen atoms in total. The summed E-state index contributed by atoms with van der Waals surface area (Å²) in [7, 11) is 0. The highest BCUT2D eigenvalue weighted by Crippen LogP contribution is 2.30. The van der Waals surface area contributed by atoms with Gasteiger partial charge in [0.1, 0.15) is 28.2 Å². The Bertz CT molecular complexity index is 929. The van der Waals surface area contributed by atoms with E-state index in [1.807, 2.05) is 24.3 Å². The zero-order chi connectivity index (χ0) is 17.8. The summed E-state index contributed by atoms with van der Waals surface area (Å²) in [5, 5.41) is 19.5. The summed E-state index contributed by atoms with van der Waals surface area (Å²) in [6, 6.07) is 11.7. The van der Waals surface area contributed by atoms with Gasteiger partial charge in [-0.2, -0.15) is 0 Å². The zero-order valence-electron chi connectivity index (χ0n) is 13.9. The minimum atomic E-state index is -0.348. The molecular weight excluding hydrogens is 318 g/mol. The number of phenolic OH excluding ortho intramolecular Hbond substituents is 2. The second kappa shape index (κ2) is 7.40. The van der Waals surface area contributed by atoms with E-state index < -0.39 is 0 Å². The van der Waals surface area contributed by atoms with Gasteiger partial charge in [-0.05, 0) is 31.4 Å². The van der Waals surface area contributed by atoms with E-state index in [-0.39, 0.29) is 27.9 Å². The molecule has 5 heteroatoms. The van der Waals surface area contributed by atoms with Crippen LogP contribution in [0.5, 0.6) is 11.5 Å². The lowest BCUT2D eigenvalue weighted by molar-refractivity contribution is 0.452. The lowest BCUT2D eigenvalue weighted by Gasteiger charge is -2.06. The third-order valence-corrected chi connectivity index (χ3v) is 4.20. The van der Waals surface area contributed by atoms with Crippen molar-refractivity contribution in [2.24, 2.45) is 5.73 Å². The first kappa shape index (κ1) is 17.0. The normalized spacial score (nSPS) is 11.1. The standard InChI is InChI=1S/C20H21NO4/c21-9-3-1-2-4-13-5-7-14(8-6-13)18-12-17(24)20-16(23)10-15(22)11-19(20)25-18/h5-8,10-12,22-23H,1-4,9,21H2. The molecule has 2 aromatic carbocycles. The van der Waals surface area contributed by atoms with Crippen LogP contribution in [0.2, 0.25) is 0 Å². The summed E-state index contributed by atoms with van der Waals surface area (Å²) in [6.07, 6.45) is 4.24. The van der Waals surface area contributed by atoms with Crippen LogP contribution < -0.4 is 11.2 Å². The Kier molecular flexibility index (Phi) is 5.05. The quantitative estimate of drug-likeness (QED) is 0.597. The molecule has 3 rings (SSSR count). The van der Waals surface area contributed by atoms with Gasteiger partial charge in [0.2, 0.25) is 0 Å². The third kappa shape index (κ3) is 3.83. The van der Waals surface area contributed by atoms with Gasteiger partial charge in [-0.25, -0.2) is 0 Å². The predicted octanol–water partition coefficient (Wildman–Crippen LogP) is 3.54. The van der Waals surface area contributed by atoms with E-state index in [0.717, 1.165) is 43.9 Å². The van der Waals surface area contributed by atoms with Crippen LogP contribution in [0.25, 0.3) is 22.3 Å². The van der Waals surface area contributed by atoms with E-state index in [1.165, 1.54) is 17.7 Å². The van der Waals surface area contributed by atoms with Gasteiger partial charge in [0.05, 0.1) is 0 Å². The summed E-state index contributed by atoms with van der Waals surface area (Å²) in [6.45, 7) is 0.727. The number of rotatable bonds is 6. The van der Waals surface area contributed by atoms with Crippen molar-refractivity contribution < 1.29 is 14.6 Å².